The maximum atomic E-state index is 17.1. The highest BCUT2D eigenvalue weighted by Crippen LogP contribution is 2.55. The minimum Gasteiger partial charge on any atom is -0.508 e. The van der Waals surface area contributed by atoms with Gasteiger partial charge in [0.1, 0.15) is 28.6 Å². The summed E-state index contributed by atoms with van der Waals surface area (Å²) in [5, 5.41) is 18.1. The molecule has 68 heavy (non-hydrogen) atoms. The Hall–Kier alpha value is -5.97. The van der Waals surface area contributed by atoms with Crippen molar-refractivity contribution < 1.29 is 28.2 Å². The van der Waals surface area contributed by atoms with Gasteiger partial charge < -0.3 is 25.0 Å². The summed E-state index contributed by atoms with van der Waals surface area (Å²) < 4.78 is 38.7. The van der Waals surface area contributed by atoms with E-state index < -0.39 is 11.6 Å². The quantitative estimate of drug-likeness (QED) is 0.0873. The van der Waals surface area contributed by atoms with Crippen LogP contribution in [0.4, 0.5) is 14.6 Å². The molecule has 4 aliphatic heterocycles. The Morgan fingerprint density at radius 2 is 1.75 bits per heavy atom. The number of phenols is 1. The number of piperazine rings is 1. The summed E-state index contributed by atoms with van der Waals surface area (Å²) in [5.74, 6) is 3.11. The van der Waals surface area contributed by atoms with Gasteiger partial charge in [-0.1, -0.05) is 43.2 Å². The molecular formula is C55H57F2N7O4. The number of anilines is 1. The SMILES string of the molecule is C#Cc1c(F)ccc2cc(O)cc(-c3ncc4c(N5CC6CCC(C5)N6)nc(OCC5(CC6CC(CN7CCC(c8ccc9c(c8)C(C)C=C9C8CCC(=O)NC8=O)CC7)C6)CC5)nc4c3F)c12. The molecule has 3 N–H and O–H groups in total. The third-order valence-electron chi connectivity index (χ3n) is 16.6. The number of phenolic OH excluding ortho intramolecular Hbond substituents is 1. The number of benzene rings is 3. The maximum Gasteiger partial charge on any atom is 0.319 e. The second-order valence-electron chi connectivity index (χ2n) is 21.2. The molecule has 4 atom stereocenters. The molecule has 5 aromatic rings. The van der Waals surface area contributed by atoms with Crippen LogP contribution in [0.5, 0.6) is 11.8 Å². The standard InChI is InChI=1S/C55H57F2N7O4/c1-3-39-46(56)10-5-35-21-38(65)23-44(48(35)39)50-49(57)51-45(25-58-50)52(64-27-36-6-7-37(28-64)59-36)62-54(61-51)68-29-55(14-15-55)24-31-19-32(20-31)26-63-16-12-33(13-17-63)34-4-8-40-42(22-34)30(2)18-43(40)41-9-11-47(66)60-53(41)67/h1,4-5,8,10,18,21-23,25,30-33,36-37,41,59,65H,6-7,9,11-17,19-20,24,26-29H2,2H3,(H,60,66,67). The fraction of sp³-hybridized carbons (Fsp3) is 0.473. The molecule has 6 fully saturated rings. The summed E-state index contributed by atoms with van der Waals surface area (Å²) in [6.45, 7) is 7.48. The van der Waals surface area contributed by atoms with Crippen LogP contribution in [0.25, 0.3) is 38.5 Å². The van der Waals surface area contributed by atoms with E-state index in [1.165, 1.54) is 53.8 Å². The molecule has 2 saturated carbocycles. The molecule has 0 radical (unpaired) electrons. The molecule has 11 nitrogen and oxygen atoms in total. The highest BCUT2D eigenvalue weighted by molar-refractivity contribution is 6.05. The molecule has 12 rings (SSSR count). The minimum atomic E-state index is -0.711. The number of imide groups is 1. The zero-order chi connectivity index (χ0) is 46.4. The first kappa shape index (κ1) is 43.3. The Morgan fingerprint density at radius 1 is 0.956 bits per heavy atom. The molecule has 7 aliphatic rings. The van der Waals surface area contributed by atoms with Gasteiger partial charge in [-0.15, -0.1) is 6.42 Å². The van der Waals surface area contributed by atoms with E-state index in [4.69, 9.17) is 21.1 Å². The van der Waals surface area contributed by atoms with Crippen molar-refractivity contribution in [2.24, 2.45) is 23.2 Å². The number of fused-ring (bicyclic) bond motifs is 5. The lowest BCUT2D eigenvalue weighted by Gasteiger charge is -2.42. The number of aromatic hydroxyl groups is 1. The van der Waals surface area contributed by atoms with Crippen LogP contribution in [-0.2, 0) is 9.59 Å². The van der Waals surface area contributed by atoms with Gasteiger partial charge in [-0.05, 0) is 141 Å². The third kappa shape index (κ3) is 7.87. The number of rotatable bonds is 11. The molecule has 6 heterocycles. The van der Waals surface area contributed by atoms with Crippen molar-refractivity contribution in [3.8, 4) is 35.4 Å². The molecule has 2 bridgehead atoms. The predicted molar refractivity (Wildman–Crippen MR) is 257 cm³/mol. The predicted octanol–water partition coefficient (Wildman–Crippen LogP) is 8.76. The number of hydrogen-bond acceptors (Lipinski definition) is 10. The van der Waals surface area contributed by atoms with E-state index in [1.54, 1.807) is 6.20 Å². The van der Waals surface area contributed by atoms with Gasteiger partial charge in [0, 0.05) is 66.6 Å². The normalized spacial score (nSPS) is 26.6. The van der Waals surface area contributed by atoms with Gasteiger partial charge >= 0.3 is 6.01 Å². The van der Waals surface area contributed by atoms with E-state index in [1.807, 2.05) is 0 Å². The van der Waals surface area contributed by atoms with Crippen molar-refractivity contribution in [2.75, 3.05) is 44.2 Å². The van der Waals surface area contributed by atoms with Crippen molar-refractivity contribution in [1.29, 1.82) is 0 Å². The van der Waals surface area contributed by atoms with Crippen LogP contribution in [0.2, 0.25) is 0 Å². The molecule has 0 spiro atoms. The summed E-state index contributed by atoms with van der Waals surface area (Å²) in [6, 6.07) is 13.2. The zero-order valence-corrected chi connectivity index (χ0v) is 38.5. The van der Waals surface area contributed by atoms with Gasteiger partial charge in [0.15, 0.2) is 5.82 Å². The smallest absolute Gasteiger partial charge is 0.319 e. The average molecular weight is 918 g/mol. The fourth-order valence-electron chi connectivity index (χ4n) is 12.9. The van der Waals surface area contributed by atoms with Crippen LogP contribution in [0.3, 0.4) is 0 Å². The van der Waals surface area contributed by atoms with E-state index in [0.717, 1.165) is 83.2 Å². The number of carbonyl (C=O) groups is 2. The van der Waals surface area contributed by atoms with Crippen LogP contribution < -0.4 is 20.3 Å². The Labute approximate surface area is 395 Å². The molecule has 2 amide bonds. The van der Waals surface area contributed by atoms with E-state index in [9.17, 15) is 14.7 Å². The first-order chi connectivity index (χ1) is 33.0. The molecular weight excluding hydrogens is 861 g/mol. The zero-order valence-electron chi connectivity index (χ0n) is 38.5. The molecule has 350 valence electrons. The summed E-state index contributed by atoms with van der Waals surface area (Å²) in [5.41, 5.74) is 5.15. The van der Waals surface area contributed by atoms with Crippen molar-refractivity contribution >= 4 is 44.9 Å². The van der Waals surface area contributed by atoms with Gasteiger partial charge in [-0.3, -0.25) is 19.9 Å². The van der Waals surface area contributed by atoms with E-state index in [2.05, 4.69) is 62.5 Å². The molecule has 4 saturated heterocycles. The van der Waals surface area contributed by atoms with Gasteiger partial charge in [0.05, 0.1) is 23.5 Å². The van der Waals surface area contributed by atoms with Crippen molar-refractivity contribution in [2.45, 2.75) is 101 Å². The van der Waals surface area contributed by atoms with Gasteiger partial charge in [-0.25, -0.2) is 8.78 Å². The van der Waals surface area contributed by atoms with Crippen LogP contribution in [0, 0.1) is 47.1 Å². The lowest BCUT2D eigenvalue weighted by atomic mass is 9.70. The number of carbonyl (C=O) groups excluding carboxylic acids is 2. The number of pyridine rings is 1. The molecule has 2 aromatic heterocycles. The topological polar surface area (TPSA) is 133 Å². The lowest BCUT2D eigenvalue weighted by Crippen LogP contribution is -2.51. The number of aromatic nitrogens is 3. The average Bonchev–Trinajstić information content (AvgIpc) is 3.91. The second-order valence-corrected chi connectivity index (χ2v) is 21.2. The number of amides is 2. The Bertz CT molecular complexity index is 2960. The van der Waals surface area contributed by atoms with Gasteiger partial charge in [0.25, 0.3) is 0 Å². The monoisotopic (exact) mass is 917 g/mol. The van der Waals surface area contributed by atoms with Crippen LogP contribution in [-0.4, -0.2) is 88.2 Å². The van der Waals surface area contributed by atoms with Gasteiger partial charge in [0.2, 0.25) is 11.8 Å². The second kappa shape index (κ2) is 16.9. The Morgan fingerprint density at radius 3 is 2.50 bits per heavy atom. The van der Waals surface area contributed by atoms with E-state index in [-0.39, 0.29) is 63.2 Å². The van der Waals surface area contributed by atoms with Crippen LogP contribution in [0.15, 0.2) is 54.7 Å². The van der Waals surface area contributed by atoms with E-state index in [0.29, 0.717) is 71.3 Å². The maximum absolute atomic E-state index is 17.1. The molecule has 3 aromatic carbocycles. The summed E-state index contributed by atoms with van der Waals surface area (Å²) in [7, 11) is 0. The Balaban J connectivity index is 0.696. The first-order valence-electron chi connectivity index (χ1n) is 24.8. The number of nitrogens with zero attached hydrogens (tertiary/aromatic N) is 5. The number of nitrogens with one attached hydrogen (secondary N) is 2. The summed E-state index contributed by atoms with van der Waals surface area (Å²) in [6.07, 6.45) is 20.7. The number of likely N-dealkylation sites (tertiary alicyclic amines) is 1. The lowest BCUT2D eigenvalue weighted by molar-refractivity contribution is -0.134. The largest absolute Gasteiger partial charge is 0.508 e. The number of ether oxygens (including phenoxy) is 1. The van der Waals surface area contributed by atoms with Crippen molar-refractivity contribution in [3.05, 3.63) is 88.6 Å². The highest BCUT2D eigenvalue weighted by atomic mass is 19.1. The number of piperidine rings is 2. The number of hydrogen-bond donors (Lipinski definition) is 3. The van der Waals surface area contributed by atoms with Crippen LogP contribution in [0.1, 0.15) is 112 Å². The summed E-state index contributed by atoms with van der Waals surface area (Å²) in [4.78, 5) is 43.6. The van der Waals surface area contributed by atoms with Crippen LogP contribution >= 0.6 is 0 Å². The highest BCUT2D eigenvalue weighted by Gasteiger charge is 2.48. The molecule has 4 unspecified atom stereocenters. The summed E-state index contributed by atoms with van der Waals surface area (Å²) >= 11 is 0. The minimum absolute atomic E-state index is 0.0274. The van der Waals surface area contributed by atoms with Gasteiger partial charge in [-0.2, -0.15) is 9.97 Å². The third-order valence-corrected chi connectivity index (χ3v) is 16.6. The fourth-order valence-corrected chi connectivity index (χ4v) is 12.9. The van der Waals surface area contributed by atoms with E-state index >= 15 is 8.78 Å². The molecule has 3 aliphatic carbocycles. The number of halogens is 2. The molecule has 13 heteroatoms. The first-order valence-corrected chi connectivity index (χ1v) is 24.8. The van der Waals surface area contributed by atoms with Crippen molar-refractivity contribution in [1.82, 2.24) is 30.5 Å². The number of terminal acetylenes is 1. The Kier molecular flexibility index (Phi) is 10.8. The number of allylic oxidation sites excluding steroid dienone is 1. The van der Waals surface area contributed by atoms with Crippen molar-refractivity contribution in [3.63, 3.8) is 0 Å².